The van der Waals surface area contributed by atoms with Crippen LogP contribution in [-0.4, -0.2) is 29.9 Å². The van der Waals surface area contributed by atoms with Gasteiger partial charge in [0.05, 0.1) is 10.6 Å². The third-order valence-corrected chi connectivity index (χ3v) is 4.04. The first-order valence-electron chi connectivity index (χ1n) is 8.08. The Hall–Kier alpha value is -3.42. The lowest BCUT2D eigenvalue weighted by molar-refractivity contribution is -0.384. The summed E-state index contributed by atoms with van der Waals surface area (Å²) in [6.07, 6.45) is 0.895. The summed E-state index contributed by atoms with van der Waals surface area (Å²) in [7, 11) is 0. The third kappa shape index (κ3) is 3.64. The molecule has 0 saturated heterocycles. The van der Waals surface area contributed by atoms with Crippen LogP contribution < -0.4 is 15.0 Å². The van der Waals surface area contributed by atoms with Crippen molar-refractivity contribution in [3.63, 3.8) is 0 Å². The molecular weight excluding hydrogens is 338 g/mol. The van der Waals surface area contributed by atoms with E-state index < -0.39 is 16.7 Å². The number of hydrogen-bond donors (Lipinski definition) is 1. The Kier molecular flexibility index (Phi) is 4.83. The van der Waals surface area contributed by atoms with E-state index in [0.29, 0.717) is 11.4 Å². The monoisotopic (exact) mass is 355 g/mol. The number of carbonyl (C=O) groups excluding carboxylic acids is 2. The Morgan fingerprint density at radius 1 is 1.27 bits per heavy atom. The summed E-state index contributed by atoms with van der Waals surface area (Å²) < 4.78 is 5.28. The van der Waals surface area contributed by atoms with Crippen LogP contribution in [0.15, 0.2) is 42.5 Å². The maximum atomic E-state index is 12.3. The molecule has 0 aromatic heterocycles. The van der Waals surface area contributed by atoms with Crippen molar-refractivity contribution < 1.29 is 19.2 Å². The Labute approximate surface area is 149 Å². The van der Waals surface area contributed by atoms with Gasteiger partial charge in [0.25, 0.3) is 11.6 Å². The van der Waals surface area contributed by atoms with Gasteiger partial charge in [-0.15, -0.1) is 0 Å². The molecule has 0 atom stereocenters. The summed E-state index contributed by atoms with van der Waals surface area (Å²) in [5, 5.41) is 13.7. The Bertz CT molecular complexity index is 864. The Balaban J connectivity index is 1.78. The predicted molar refractivity (Wildman–Crippen MR) is 95.4 cm³/mol. The number of anilines is 2. The van der Waals surface area contributed by atoms with Crippen LogP contribution in [0.3, 0.4) is 0 Å². The number of rotatable bonds is 5. The highest BCUT2D eigenvalue weighted by molar-refractivity contribution is 6.05. The number of amides is 2. The van der Waals surface area contributed by atoms with Crippen LogP contribution in [0.5, 0.6) is 5.75 Å². The van der Waals surface area contributed by atoms with Gasteiger partial charge in [-0.3, -0.25) is 24.6 Å². The first-order chi connectivity index (χ1) is 12.5. The highest BCUT2D eigenvalue weighted by Gasteiger charge is 2.29. The first-order valence-corrected chi connectivity index (χ1v) is 8.08. The van der Waals surface area contributed by atoms with Crippen LogP contribution in [-0.2, 0) is 16.0 Å². The van der Waals surface area contributed by atoms with Gasteiger partial charge in [0.2, 0.25) is 5.91 Å². The topological polar surface area (TPSA) is 102 Å². The molecule has 1 aliphatic rings. The summed E-state index contributed by atoms with van der Waals surface area (Å²) in [5.41, 5.74) is 1.80. The zero-order valence-electron chi connectivity index (χ0n) is 14.1. The molecule has 1 N–H and O–H groups in total. The van der Waals surface area contributed by atoms with E-state index >= 15 is 0 Å². The second-order valence-corrected chi connectivity index (χ2v) is 5.78. The van der Waals surface area contributed by atoms with Crippen LogP contribution in [0.4, 0.5) is 17.1 Å². The van der Waals surface area contributed by atoms with E-state index in [4.69, 9.17) is 4.74 Å². The van der Waals surface area contributed by atoms with Crippen molar-refractivity contribution in [1.29, 1.82) is 0 Å². The second-order valence-electron chi connectivity index (χ2n) is 5.78. The molecule has 0 radical (unpaired) electrons. The van der Waals surface area contributed by atoms with E-state index in [0.717, 1.165) is 12.0 Å². The molecule has 2 aromatic rings. The molecule has 0 spiro atoms. The number of hydrogen-bond acceptors (Lipinski definition) is 5. The minimum atomic E-state index is -0.563. The molecule has 1 heterocycles. The maximum absolute atomic E-state index is 12.3. The number of nitrogens with zero attached hydrogens (tertiary/aromatic N) is 2. The summed E-state index contributed by atoms with van der Waals surface area (Å²) >= 11 is 0. The van der Waals surface area contributed by atoms with Crippen LogP contribution in [0.2, 0.25) is 0 Å². The molecule has 0 saturated carbocycles. The van der Waals surface area contributed by atoms with Crippen LogP contribution in [0.25, 0.3) is 0 Å². The Morgan fingerprint density at radius 3 is 2.65 bits per heavy atom. The molecule has 3 rings (SSSR count). The molecule has 8 heteroatoms. The highest BCUT2D eigenvalue weighted by Crippen LogP contribution is 2.35. The fourth-order valence-electron chi connectivity index (χ4n) is 2.65. The van der Waals surface area contributed by atoms with Crippen LogP contribution >= 0.6 is 0 Å². The lowest BCUT2D eigenvalue weighted by Crippen LogP contribution is -2.43. The molecule has 0 bridgehead atoms. The van der Waals surface area contributed by atoms with Crippen molar-refractivity contribution in [2.24, 2.45) is 0 Å². The quantitative estimate of drug-likeness (QED) is 0.656. The molecular formula is C18H17N3O5. The fourth-order valence-corrected chi connectivity index (χ4v) is 2.65. The van der Waals surface area contributed by atoms with Crippen molar-refractivity contribution in [3.8, 4) is 5.75 Å². The number of aryl methyl sites for hydroxylation is 1. The molecule has 134 valence electrons. The molecule has 26 heavy (non-hydrogen) atoms. The maximum Gasteiger partial charge on any atom is 0.271 e. The number of fused-ring (bicyclic) bond motifs is 1. The lowest BCUT2D eigenvalue weighted by atomic mass is 10.1. The average molecular weight is 355 g/mol. The van der Waals surface area contributed by atoms with Gasteiger partial charge in [0, 0.05) is 17.8 Å². The average Bonchev–Trinajstić information content (AvgIpc) is 2.64. The standard InChI is InChI=1S/C18H17N3O5/c1-2-12-3-5-13(6-4-12)19-17(22)10-20-15-9-14(21(24)25)7-8-16(15)26-11-18(20)23/h3-9H,2,10-11H2,1H3,(H,19,22). The summed E-state index contributed by atoms with van der Waals surface area (Å²) in [6.45, 7) is 1.56. The van der Waals surface area contributed by atoms with Crippen molar-refractivity contribution in [2.75, 3.05) is 23.4 Å². The fraction of sp³-hybridized carbons (Fsp3) is 0.222. The van der Waals surface area contributed by atoms with Gasteiger partial charge in [0.1, 0.15) is 12.3 Å². The number of carbonyl (C=O) groups is 2. The van der Waals surface area contributed by atoms with Crippen molar-refractivity contribution in [3.05, 3.63) is 58.1 Å². The van der Waals surface area contributed by atoms with Crippen molar-refractivity contribution >= 4 is 28.9 Å². The lowest BCUT2D eigenvalue weighted by Gasteiger charge is -2.28. The highest BCUT2D eigenvalue weighted by atomic mass is 16.6. The van der Waals surface area contributed by atoms with E-state index in [2.05, 4.69) is 5.32 Å². The zero-order valence-corrected chi connectivity index (χ0v) is 14.1. The summed E-state index contributed by atoms with van der Waals surface area (Å²) in [4.78, 5) is 36.1. The molecule has 1 aliphatic heterocycles. The van der Waals surface area contributed by atoms with E-state index in [9.17, 15) is 19.7 Å². The minimum absolute atomic E-state index is 0.178. The number of non-ortho nitro benzene ring substituents is 1. The normalized spacial score (nSPS) is 13.0. The molecule has 2 aromatic carbocycles. The number of ether oxygens (including phenoxy) is 1. The van der Waals surface area contributed by atoms with Crippen LogP contribution in [0.1, 0.15) is 12.5 Å². The smallest absolute Gasteiger partial charge is 0.271 e. The number of nitrogens with one attached hydrogen (secondary N) is 1. The van der Waals surface area contributed by atoms with Gasteiger partial charge in [-0.2, -0.15) is 0 Å². The molecule has 2 amide bonds. The SMILES string of the molecule is CCc1ccc(NC(=O)CN2C(=O)COc3ccc([N+](=O)[O-])cc32)cc1. The number of nitro benzene ring substituents is 1. The Morgan fingerprint density at radius 2 is 2.00 bits per heavy atom. The van der Waals surface area contributed by atoms with E-state index in [1.165, 1.54) is 23.1 Å². The van der Waals surface area contributed by atoms with Crippen molar-refractivity contribution in [1.82, 2.24) is 0 Å². The molecule has 8 nitrogen and oxygen atoms in total. The van der Waals surface area contributed by atoms with Gasteiger partial charge >= 0.3 is 0 Å². The van der Waals surface area contributed by atoms with Gasteiger partial charge in [0.15, 0.2) is 6.61 Å². The molecule has 0 fully saturated rings. The largest absolute Gasteiger partial charge is 0.482 e. The zero-order chi connectivity index (χ0) is 18.7. The predicted octanol–water partition coefficient (Wildman–Crippen LogP) is 2.52. The molecule has 0 unspecified atom stereocenters. The van der Waals surface area contributed by atoms with Gasteiger partial charge in [-0.25, -0.2) is 0 Å². The molecule has 0 aliphatic carbocycles. The van der Waals surface area contributed by atoms with Gasteiger partial charge in [-0.05, 0) is 30.2 Å². The van der Waals surface area contributed by atoms with Crippen LogP contribution in [0, 0.1) is 10.1 Å². The number of benzene rings is 2. The van der Waals surface area contributed by atoms with Gasteiger partial charge < -0.3 is 10.1 Å². The second kappa shape index (κ2) is 7.22. The minimum Gasteiger partial charge on any atom is -0.482 e. The van der Waals surface area contributed by atoms with E-state index in [1.807, 2.05) is 19.1 Å². The van der Waals surface area contributed by atoms with E-state index in [-0.39, 0.29) is 24.5 Å². The number of nitro groups is 1. The first kappa shape index (κ1) is 17.4. The van der Waals surface area contributed by atoms with Gasteiger partial charge in [-0.1, -0.05) is 19.1 Å². The van der Waals surface area contributed by atoms with Crippen molar-refractivity contribution in [2.45, 2.75) is 13.3 Å². The van der Waals surface area contributed by atoms with E-state index in [1.54, 1.807) is 12.1 Å². The summed E-state index contributed by atoms with van der Waals surface area (Å²) in [6, 6.07) is 11.3. The summed E-state index contributed by atoms with van der Waals surface area (Å²) in [5.74, 6) is -0.508. The third-order valence-electron chi connectivity index (χ3n) is 4.04.